The largest absolute Gasteiger partial charge is 0.383 e. The molecule has 0 spiro atoms. The second kappa shape index (κ2) is 4.62. The number of aromatic nitrogens is 2. The van der Waals surface area contributed by atoms with Crippen LogP contribution in [0.25, 0.3) is 11.4 Å². The third-order valence-electron chi connectivity index (χ3n) is 1.94. The zero-order valence-corrected chi connectivity index (χ0v) is 11.7. The van der Waals surface area contributed by atoms with Crippen molar-refractivity contribution in [2.75, 3.05) is 5.73 Å². The van der Waals surface area contributed by atoms with Gasteiger partial charge in [0.1, 0.15) is 11.6 Å². The smallest absolute Gasteiger partial charge is 0.162 e. The van der Waals surface area contributed by atoms with Crippen LogP contribution < -0.4 is 5.73 Å². The Morgan fingerprint density at radius 3 is 2.81 bits per heavy atom. The van der Waals surface area contributed by atoms with E-state index >= 15 is 0 Å². The van der Waals surface area contributed by atoms with E-state index in [1.165, 1.54) is 12.1 Å². The quantitative estimate of drug-likeness (QED) is 0.757. The predicted octanol–water partition coefficient (Wildman–Crippen LogP) is 3.23. The lowest BCUT2D eigenvalue weighted by Gasteiger charge is -2.04. The molecule has 0 bridgehead atoms. The Balaban J connectivity index is 2.58. The van der Waals surface area contributed by atoms with Gasteiger partial charge in [-0.2, -0.15) is 0 Å². The number of hydrogen-bond donors (Lipinski definition) is 1. The minimum Gasteiger partial charge on any atom is -0.383 e. The first-order valence-electron chi connectivity index (χ1n) is 4.31. The maximum Gasteiger partial charge on any atom is 0.162 e. The van der Waals surface area contributed by atoms with Crippen LogP contribution in [0.5, 0.6) is 0 Å². The summed E-state index contributed by atoms with van der Waals surface area (Å²) in [5.74, 6) is 0.463. The Morgan fingerprint density at radius 1 is 1.38 bits per heavy atom. The lowest BCUT2D eigenvalue weighted by molar-refractivity contribution is 0.628. The number of anilines is 1. The average molecular weight is 394 g/mol. The minimum atomic E-state index is -0.334. The normalized spacial score (nSPS) is 10.4. The van der Waals surface area contributed by atoms with Crippen LogP contribution in [0.3, 0.4) is 0 Å². The molecular weight excluding hydrogens is 388 g/mol. The summed E-state index contributed by atoms with van der Waals surface area (Å²) in [5.41, 5.74) is 6.26. The van der Waals surface area contributed by atoms with Gasteiger partial charge in [0.25, 0.3) is 0 Å². The van der Waals surface area contributed by atoms with Crippen molar-refractivity contribution in [3.8, 4) is 11.4 Å². The summed E-state index contributed by atoms with van der Waals surface area (Å²) in [6.07, 6.45) is 1.61. The van der Waals surface area contributed by atoms with Gasteiger partial charge in [-0.3, -0.25) is 0 Å². The van der Waals surface area contributed by atoms with Gasteiger partial charge in [0.05, 0.1) is 3.57 Å². The lowest BCUT2D eigenvalue weighted by atomic mass is 10.2. The Bertz CT molecular complexity index is 548. The predicted molar refractivity (Wildman–Crippen MR) is 72.3 cm³/mol. The van der Waals surface area contributed by atoms with Gasteiger partial charge in [0.2, 0.25) is 0 Å². The zero-order valence-electron chi connectivity index (χ0n) is 7.92. The van der Waals surface area contributed by atoms with Crippen molar-refractivity contribution in [3.05, 3.63) is 38.3 Å². The Hall–Kier alpha value is -0.760. The Kier molecular flexibility index (Phi) is 3.38. The molecule has 1 aromatic carbocycles. The van der Waals surface area contributed by atoms with Crippen molar-refractivity contribution in [2.24, 2.45) is 0 Å². The summed E-state index contributed by atoms with van der Waals surface area (Å²) in [4.78, 5) is 8.22. The van der Waals surface area contributed by atoms with Crippen molar-refractivity contribution in [1.82, 2.24) is 9.97 Å². The molecule has 1 heterocycles. The van der Waals surface area contributed by atoms with Crippen LogP contribution in [0.4, 0.5) is 10.2 Å². The first-order valence-corrected chi connectivity index (χ1v) is 6.18. The third-order valence-corrected chi connectivity index (χ3v) is 3.46. The molecule has 0 aliphatic rings. The van der Waals surface area contributed by atoms with Crippen LogP contribution in [-0.2, 0) is 0 Å². The van der Waals surface area contributed by atoms with Crippen LogP contribution in [0.15, 0.2) is 28.9 Å². The molecule has 0 saturated carbocycles. The molecule has 0 saturated heterocycles. The van der Waals surface area contributed by atoms with Crippen molar-refractivity contribution >= 4 is 44.3 Å². The van der Waals surface area contributed by atoms with E-state index in [2.05, 4.69) is 25.9 Å². The minimum absolute atomic E-state index is 0.334. The summed E-state index contributed by atoms with van der Waals surface area (Å²) >= 11 is 5.36. The maximum absolute atomic E-state index is 13.1. The Morgan fingerprint density at radius 2 is 2.12 bits per heavy atom. The molecular formula is C10H6BrFIN3. The average Bonchev–Trinajstić information content (AvgIpc) is 2.26. The molecule has 0 radical (unpaired) electrons. The van der Waals surface area contributed by atoms with E-state index in [1.54, 1.807) is 12.3 Å². The third kappa shape index (κ3) is 2.32. The summed E-state index contributed by atoms with van der Waals surface area (Å²) in [6.45, 7) is 0. The van der Waals surface area contributed by atoms with Gasteiger partial charge in [-0.1, -0.05) is 15.9 Å². The van der Waals surface area contributed by atoms with Crippen molar-refractivity contribution in [3.63, 3.8) is 0 Å². The van der Waals surface area contributed by atoms with E-state index in [-0.39, 0.29) is 5.82 Å². The van der Waals surface area contributed by atoms with Gasteiger partial charge >= 0.3 is 0 Å². The molecule has 0 aliphatic heterocycles. The van der Waals surface area contributed by atoms with Crippen molar-refractivity contribution in [1.29, 1.82) is 0 Å². The van der Waals surface area contributed by atoms with Crippen LogP contribution in [0.1, 0.15) is 0 Å². The van der Waals surface area contributed by atoms with Gasteiger partial charge in [-0.15, -0.1) is 0 Å². The van der Waals surface area contributed by atoms with Crippen LogP contribution in [0, 0.1) is 9.39 Å². The van der Waals surface area contributed by atoms with E-state index in [4.69, 9.17) is 5.73 Å². The van der Waals surface area contributed by atoms with E-state index in [0.717, 1.165) is 8.04 Å². The van der Waals surface area contributed by atoms with Gasteiger partial charge in [0.15, 0.2) is 5.82 Å². The Labute approximate surface area is 114 Å². The number of nitrogens with zero attached hydrogens (tertiary/aromatic N) is 2. The molecule has 1 aromatic heterocycles. The van der Waals surface area contributed by atoms with E-state index in [9.17, 15) is 4.39 Å². The molecule has 0 atom stereocenters. The topological polar surface area (TPSA) is 51.8 Å². The van der Waals surface area contributed by atoms with Gasteiger partial charge in [-0.05, 0) is 40.8 Å². The number of nitrogens with two attached hydrogens (primary N) is 1. The summed E-state index contributed by atoms with van der Waals surface area (Å²) in [7, 11) is 0. The number of halogens is 3. The van der Waals surface area contributed by atoms with Crippen LogP contribution in [-0.4, -0.2) is 9.97 Å². The van der Waals surface area contributed by atoms with E-state index in [1.807, 2.05) is 22.6 Å². The molecule has 2 N–H and O–H groups in total. The molecule has 3 nitrogen and oxygen atoms in total. The molecule has 6 heteroatoms. The van der Waals surface area contributed by atoms with Gasteiger partial charge in [-0.25, -0.2) is 14.4 Å². The zero-order chi connectivity index (χ0) is 11.7. The fraction of sp³-hybridized carbons (Fsp3) is 0. The highest BCUT2D eigenvalue weighted by molar-refractivity contribution is 14.1. The van der Waals surface area contributed by atoms with E-state index < -0.39 is 0 Å². The van der Waals surface area contributed by atoms with Crippen molar-refractivity contribution < 1.29 is 4.39 Å². The molecule has 2 rings (SSSR count). The highest BCUT2D eigenvalue weighted by Crippen LogP contribution is 2.27. The van der Waals surface area contributed by atoms with Gasteiger partial charge < -0.3 is 5.73 Å². The number of benzene rings is 1. The number of rotatable bonds is 1. The summed E-state index contributed by atoms with van der Waals surface area (Å²) < 4.78 is 14.6. The molecule has 0 fully saturated rings. The van der Waals surface area contributed by atoms with Crippen LogP contribution >= 0.6 is 38.5 Å². The molecule has 2 aromatic rings. The molecule has 0 amide bonds. The van der Waals surface area contributed by atoms with Gasteiger partial charge in [0, 0.05) is 16.2 Å². The standard InChI is InChI=1S/C10H6BrFIN3/c11-7-2-1-5(12)3-6(7)10-15-4-8(13)9(14)16-10/h1-4H,(H2,14,15,16). The summed E-state index contributed by atoms with van der Waals surface area (Å²) in [5, 5.41) is 0. The second-order valence-electron chi connectivity index (χ2n) is 3.05. The first-order chi connectivity index (χ1) is 7.58. The van der Waals surface area contributed by atoms with Crippen molar-refractivity contribution in [2.45, 2.75) is 0 Å². The SMILES string of the molecule is Nc1nc(-c2cc(F)ccc2Br)ncc1I. The molecule has 82 valence electrons. The monoisotopic (exact) mass is 393 g/mol. The van der Waals surface area contributed by atoms with Crippen LogP contribution in [0.2, 0.25) is 0 Å². The molecule has 16 heavy (non-hydrogen) atoms. The first kappa shape index (κ1) is 11.7. The fourth-order valence-electron chi connectivity index (χ4n) is 1.18. The molecule has 0 unspecified atom stereocenters. The maximum atomic E-state index is 13.1. The number of hydrogen-bond acceptors (Lipinski definition) is 3. The summed E-state index contributed by atoms with van der Waals surface area (Å²) in [6, 6.07) is 4.34. The van der Waals surface area contributed by atoms with E-state index in [0.29, 0.717) is 17.2 Å². The highest BCUT2D eigenvalue weighted by Gasteiger charge is 2.09. The number of nitrogen functional groups attached to an aromatic ring is 1. The lowest BCUT2D eigenvalue weighted by Crippen LogP contribution is -1.98. The second-order valence-corrected chi connectivity index (χ2v) is 5.07. The molecule has 0 aliphatic carbocycles. The highest BCUT2D eigenvalue weighted by atomic mass is 127. The fourth-order valence-corrected chi connectivity index (χ4v) is 1.86.